The van der Waals surface area contributed by atoms with Gasteiger partial charge in [0.2, 0.25) is 0 Å². The van der Waals surface area contributed by atoms with Crippen LogP contribution in [0, 0.1) is 9.39 Å². The fraction of sp³-hybridized carbons (Fsp3) is 0.174. The van der Waals surface area contributed by atoms with Gasteiger partial charge in [0.1, 0.15) is 28.3 Å². The van der Waals surface area contributed by atoms with E-state index in [0.717, 1.165) is 12.1 Å². The number of sulfonamides is 1. The first kappa shape index (κ1) is 24.6. The van der Waals surface area contributed by atoms with E-state index in [2.05, 4.69) is 4.72 Å². The van der Waals surface area contributed by atoms with Crippen LogP contribution in [0.2, 0.25) is 5.02 Å². The number of ether oxygens (including phenoxy) is 1. The summed E-state index contributed by atoms with van der Waals surface area (Å²) in [5.74, 6) is -1.49. The van der Waals surface area contributed by atoms with Gasteiger partial charge in [0.05, 0.1) is 20.8 Å². The van der Waals surface area contributed by atoms with Crippen LogP contribution in [0.1, 0.15) is 17.3 Å². The Morgan fingerprint density at radius 3 is 2.65 bits per heavy atom. The van der Waals surface area contributed by atoms with E-state index in [0.29, 0.717) is 16.9 Å². The van der Waals surface area contributed by atoms with Gasteiger partial charge in [-0.05, 0) is 59.8 Å². The van der Waals surface area contributed by atoms with E-state index in [4.69, 9.17) is 16.3 Å². The molecule has 1 aliphatic heterocycles. The average molecular weight is 617 g/mol. The monoisotopic (exact) mass is 616 g/mol. The minimum absolute atomic E-state index is 0.0461. The van der Waals surface area contributed by atoms with Crippen molar-refractivity contribution >= 4 is 55.8 Å². The molecule has 0 fully saturated rings. The predicted octanol–water partition coefficient (Wildman–Crippen LogP) is 5.11. The Bertz CT molecular complexity index is 1420. The van der Waals surface area contributed by atoms with E-state index in [1.54, 1.807) is 60.8 Å². The number of halogens is 3. The molecule has 0 radical (unpaired) electrons. The zero-order valence-electron chi connectivity index (χ0n) is 18.0. The van der Waals surface area contributed by atoms with Gasteiger partial charge in [0, 0.05) is 23.7 Å². The van der Waals surface area contributed by atoms with E-state index in [9.17, 15) is 22.7 Å². The van der Waals surface area contributed by atoms with Gasteiger partial charge in [0.25, 0.3) is 15.9 Å². The van der Waals surface area contributed by atoms with Crippen molar-refractivity contribution in [3.05, 3.63) is 68.5 Å². The molecule has 1 amide bonds. The molecular weight excluding hydrogens is 598 g/mol. The van der Waals surface area contributed by atoms with Crippen LogP contribution in [0.3, 0.4) is 0 Å². The fourth-order valence-electron chi connectivity index (χ4n) is 3.67. The average Bonchev–Trinajstić information content (AvgIpc) is 2.76. The van der Waals surface area contributed by atoms with Gasteiger partial charge in [-0.2, -0.15) is 0 Å². The highest BCUT2D eigenvalue weighted by Crippen LogP contribution is 2.39. The molecule has 0 saturated carbocycles. The molecule has 1 aliphatic rings. The van der Waals surface area contributed by atoms with Crippen molar-refractivity contribution in [2.75, 3.05) is 18.3 Å². The SMILES string of the molecule is C[C@H]1CN(C)C(=O)c2cc(I)c(O)c(c2)S(=O)(=O)Nc2cc(c(Cl)cc2F)-c2ccccc2O1. The summed E-state index contributed by atoms with van der Waals surface area (Å²) in [5, 5.41) is 10.5. The van der Waals surface area contributed by atoms with Gasteiger partial charge >= 0.3 is 0 Å². The van der Waals surface area contributed by atoms with Gasteiger partial charge in [-0.25, -0.2) is 12.8 Å². The Kier molecular flexibility index (Phi) is 6.67. The molecule has 0 aromatic heterocycles. The molecule has 0 aliphatic carbocycles. The summed E-state index contributed by atoms with van der Waals surface area (Å²) < 4.78 is 49.6. The van der Waals surface area contributed by atoms with Gasteiger partial charge in [-0.15, -0.1) is 0 Å². The zero-order chi connectivity index (χ0) is 24.8. The number of para-hydroxylation sites is 1. The molecule has 34 heavy (non-hydrogen) atoms. The summed E-state index contributed by atoms with van der Waals surface area (Å²) in [7, 11) is -2.92. The topological polar surface area (TPSA) is 95.9 Å². The van der Waals surface area contributed by atoms with Crippen molar-refractivity contribution in [2.24, 2.45) is 0 Å². The number of carbonyl (C=O) groups excluding carboxylic acids is 1. The number of nitrogens with one attached hydrogen (secondary N) is 1. The maximum Gasteiger partial charge on any atom is 0.265 e. The molecule has 1 heterocycles. The van der Waals surface area contributed by atoms with E-state index >= 15 is 0 Å². The first-order chi connectivity index (χ1) is 16.0. The van der Waals surface area contributed by atoms with Crippen LogP contribution in [0.4, 0.5) is 10.1 Å². The van der Waals surface area contributed by atoms with Crippen LogP contribution in [-0.2, 0) is 10.0 Å². The number of amides is 1. The van der Waals surface area contributed by atoms with Crippen LogP contribution in [0.15, 0.2) is 53.4 Å². The van der Waals surface area contributed by atoms with Gasteiger partial charge < -0.3 is 14.7 Å². The Hall–Kier alpha value is -2.57. The van der Waals surface area contributed by atoms with Crippen molar-refractivity contribution in [1.82, 2.24) is 4.90 Å². The van der Waals surface area contributed by atoms with Crippen LogP contribution < -0.4 is 9.46 Å². The Labute approximate surface area is 214 Å². The quantitative estimate of drug-likeness (QED) is 0.343. The third-order valence-electron chi connectivity index (χ3n) is 5.25. The first-order valence-corrected chi connectivity index (χ1v) is 13.0. The number of hydrogen-bond acceptors (Lipinski definition) is 5. The molecule has 11 heteroatoms. The second-order valence-electron chi connectivity index (χ2n) is 7.83. The largest absolute Gasteiger partial charge is 0.505 e. The van der Waals surface area contributed by atoms with Gasteiger partial charge in [0.15, 0.2) is 0 Å². The smallest absolute Gasteiger partial charge is 0.265 e. The molecule has 0 spiro atoms. The number of fused-ring (bicyclic) bond motifs is 6. The molecule has 7 nitrogen and oxygen atoms in total. The second kappa shape index (κ2) is 9.23. The summed E-state index contributed by atoms with van der Waals surface area (Å²) in [6.07, 6.45) is -0.448. The number of hydrogen-bond donors (Lipinski definition) is 2. The lowest BCUT2D eigenvalue weighted by Gasteiger charge is -2.24. The number of benzene rings is 3. The van der Waals surface area contributed by atoms with E-state index < -0.39 is 38.5 Å². The molecule has 0 unspecified atom stereocenters. The Morgan fingerprint density at radius 2 is 1.91 bits per heavy atom. The minimum atomic E-state index is -4.48. The number of phenols is 1. The third kappa shape index (κ3) is 4.66. The van der Waals surface area contributed by atoms with Crippen LogP contribution in [0.5, 0.6) is 11.5 Å². The molecule has 3 aromatic rings. The van der Waals surface area contributed by atoms with E-state index in [1.807, 2.05) is 0 Å². The first-order valence-electron chi connectivity index (χ1n) is 10.0. The Morgan fingerprint density at radius 1 is 1.21 bits per heavy atom. The number of nitrogens with zero attached hydrogens (tertiary/aromatic N) is 1. The standard InChI is InChI=1S/C23H19ClFIN2O5S/c1-12-11-28(2)23(30)13-7-18(26)22(29)21(8-13)34(31,32)27-19-9-15(16(24)10-17(19)25)14-5-3-4-6-20(14)33-12/h3-10,12,27,29H,11H2,1-2H3/t12-/m0/s1. The van der Waals surface area contributed by atoms with E-state index in [-0.39, 0.29) is 26.4 Å². The van der Waals surface area contributed by atoms with Crippen molar-refractivity contribution in [3.63, 3.8) is 0 Å². The number of anilines is 1. The van der Waals surface area contributed by atoms with Crippen LogP contribution >= 0.6 is 34.2 Å². The molecule has 4 bridgehead atoms. The zero-order valence-corrected chi connectivity index (χ0v) is 21.7. The van der Waals surface area contributed by atoms with Gasteiger partial charge in [-0.3, -0.25) is 9.52 Å². The third-order valence-corrected chi connectivity index (χ3v) is 7.76. The maximum atomic E-state index is 14.8. The highest BCUT2D eigenvalue weighted by atomic mass is 127. The second-order valence-corrected chi connectivity index (χ2v) is 11.1. The lowest BCUT2D eigenvalue weighted by atomic mass is 10.0. The maximum absolute atomic E-state index is 14.8. The van der Waals surface area contributed by atoms with E-state index in [1.165, 1.54) is 17.0 Å². The summed E-state index contributed by atoms with van der Waals surface area (Å²) in [5.41, 5.74) is 0.530. The lowest BCUT2D eigenvalue weighted by Crippen LogP contribution is -2.35. The lowest BCUT2D eigenvalue weighted by molar-refractivity contribution is 0.0727. The number of rotatable bonds is 0. The molecule has 3 aromatic carbocycles. The van der Waals surface area contributed by atoms with Crippen LogP contribution in [0.25, 0.3) is 11.1 Å². The molecule has 1 atom stereocenters. The van der Waals surface area contributed by atoms with Gasteiger partial charge in [-0.1, -0.05) is 29.8 Å². The molecule has 4 rings (SSSR count). The number of carbonyl (C=O) groups is 1. The Balaban J connectivity index is 1.98. The highest BCUT2D eigenvalue weighted by Gasteiger charge is 2.27. The summed E-state index contributed by atoms with van der Waals surface area (Å²) in [6.45, 7) is 1.97. The predicted molar refractivity (Wildman–Crippen MR) is 136 cm³/mol. The highest BCUT2D eigenvalue weighted by molar-refractivity contribution is 14.1. The number of likely N-dealkylation sites (N-methyl/N-ethyl adjacent to an activating group) is 1. The molecular formula is C23H19ClFIN2O5S. The number of aromatic hydroxyl groups is 1. The van der Waals surface area contributed by atoms with Crippen molar-refractivity contribution in [1.29, 1.82) is 0 Å². The molecule has 2 N–H and O–H groups in total. The molecule has 0 saturated heterocycles. The molecule has 178 valence electrons. The summed E-state index contributed by atoms with van der Waals surface area (Å²) in [6, 6.07) is 11.6. The fourth-order valence-corrected chi connectivity index (χ4v) is 5.93. The van der Waals surface area contributed by atoms with Crippen molar-refractivity contribution in [2.45, 2.75) is 17.9 Å². The summed E-state index contributed by atoms with van der Waals surface area (Å²) >= 11 is 8.06. The van der Waals surface area contributed by atoms with Crippen LogP contribution in [-0.4, -0.2) is 44.0 Å². The normalized spacial score (nSPS) is 17.6. The van der Waals surface area contributed by atoms with Crippen molar-refractivity contribution in [3.8, 4) is 22.6 Å². The van der Waals surface area contributed by atoms with Crippen molar-refractivity contribution < 1.29 is 27.4 Å². The minimum Gasteiger partial charge on any atom is -0.505 e. The number of phenolic OH excluding ortho intramolecular Hbond substituents is 1. The summed E-state index contributed by atoms with van der Waals surface area (Å²) in [4.78, 5) is 13.9.